The fourth-order valence-corrected chi connectivity index (χ4v) is 2.85. The van der Waals surface area contributed by atoms with Crippen LogP contribution in [0.15, 0.2) is 24.4 Å². The number of rotatable bonds is 3. The molecule has 0 unspecified atom stereocenters. The number of amides is 1. The molecule has 1 amide bonds. The zero-order valence-corrected chi connectivity index (χ0v) is 10.8. The van der Waals surface area contributed by atoms with Crippen molar-refractivity contribution < 1.29 is 4.79 Å². The number of benzene rings is 1. The molecule has 1 saturated carbocycles. The van der Waals surface area contributed by atoms with E-state index in [0.717, 1.165) is 42.3 Å². The Morgan fingerprint density at radius 3 is 2.95 bits per heavy atom. The van der Waals surface area contributed by atoms with Gasteiger partial charge in [0.2, 0.25) is 5.91 Å². The molecule has 1 fully saturated rings. The highest BCUT2D eigenvalue weighted by atomic mass is 16.2. The summed E-state index contributed by atoms with van der Waals surface area (Å²) in [6, 6.07) is 5.74. The second-order valence-electron chi connectivity index (χ2n) is 5.32. The van der Waals surface area contributed by atoms with Crippen LogP contribution in [-0.4, -0.2) is 22.6 Å². The second kappa shape index (κ2) is 4.66. The van der Waals surface area contributed by atoms with Gasteiger partial charge >= 0.3 is 0 Å². The third kappa shape index (κ3) is 2.10. The fraction of sp³-hybridized carbons (Fsp3) is 0.429. The lowest BCUT2D eigenvalue weighted by atomic mass is 9.85. The minimum absolute atomic E-state index is 0.0476. The van der Waals surface area contributed by atoms with Crippen LogP contribution in [0.3, 0.4) is 0 Å². The van der Waals surface area contributed by atoms with Crippen molar-refractivity contribution in [3.8, 4) is 0 Å². The van der Waals surface area contributed by atoms with E-state index < -0.39 is 0 Å². The van der Waals surface area contributed by atoms with E-state index in [4.69, 9.17) is 5.73 Å². The molecular weight excluding hydrogens is 240 g/mol. The molecule has 0 aliphatic heterocycles. The molecule has 1 aliphatic carbocycles. The van der Waals surface area contributed by atoms with Crippen LogP contribution in [0, 0.1) is 5.41 Å². The zero-order valence-electron chi connectivity index (χ0n) is 10.8. The van der Waals surface area contributed by atoms with Crippen molar-refractivity contribution in [3.05, 3.63) is 24.4 Å². The van der Waals surface area contributed by atoms with Crippen molar-refractivity contribution in [2.24, 2.45) is 11.1 Å². The van der Waals surface area contributed by atoms with Gasteiger partial charge < -0.3 is 11.1 Å². The number of aromatic amines is 1. The quantitative estimate of drug-likeness (QED) is 0.787. The highest BCUT2D eigenvalue weighted by Gasteiger charge is 2.39. The summed E-state index contributed by atoms with van der Waals surface area (Å²) in [5.41, 5.74) is 7.16. The molecule has 0 radical (unpaired) electrons. The van der Waals surface area contributed by atoms with Gasteiger partial charge in [0.05, 0.1) is 17.1 Å². The fourth-order valence-electron chi connectivity index (χ4n) is 2.85. The van der Waals surface area contributed by atoms with E-state index >= 15 is 0 Å². The molecule has 3 rings (SSSR count). The van der Waals surface area contributed by atoms with Crippen LogP contribution in [0.5, 0.6) is 0 Å². The van der Waals surface area contributed by atoms with Crippen molar-refractivity contribution in [2.45, 2.75) is 25.7 Å². The summed E-state index contributed by atoms with van der Waals surface area (Å²) in [5.74, 6) is 0.0476. The van der Waals surface area contributed by atoms with Gasteiger partial charge in [-0.3, -0.25) is 9.89 Å². The van der Waals surface area contributed by atoms with Crippen molar-refractivity contribution in [1.82, 2.24) is 10.2 Å². The number of hydrogen-bond acceptors (Lipinski definition) is 3. The first-order valence-electron chi connectivity index (χ1n) is 6.68. The van der Waals surface area contributed by atoms with Crippen molar-refractivity contribution >= 4 is 22.5 Å². The Balaban J connectivity index is 1.81. The Morgan fingerprint density at radius 2 is 2.21 bits per heavy atom. The van der Waals surface area contributed by atoms with Gasteiger partial charge in [0.15, 0.2) is 0 Å². The van der Waals surface area contributed by atoms with Gasteiger partial charge in [-0.25, -0.2) is 0 Å². The van der Waals surface area contributed by atoms with Crippen molar-refractivity contribution in [3.63, 3.8) is 0 Å². The minimum atomic E-state index is -0.372. The molecule has 0 bridgehead atoms. The van der Waals surface area contributed by atoms with Crippen LogP contribution < -0.4 is 11.1 Å². The molecule has 0 spiro atoms. The van der Waals surface area contributed by atoms with Gasteiger partial charge in [0.25, 0.3) is 0 Å². The smallest absolute Gasteiger partial charge is 0.231 e. The Morgan fingerprint density at radius 1 is 1.42 bits per heavy atom. The number of carbonyl (C=O) groups excluding carboxylic acids is 1. The predicted molar refractivity (Wildman–Crippen MR) is 74.7 cm³/mol. The first-order valence-corrected chi connectivity index (χ1v) is 6.68. The third-order valence-corrected chi connectivity index (χ3v) is 4.13. The molecule has 0 saturated heterocycles. The summed E-state index contributed by atoms with van der Waals surface area (Å²) < 4.78 is 0. The number of anilines is 1. The van der Waals surface area contributed by atoms with E-state index in [-0.39, 0.29) is 11.3 Å². The van der Waals surface area contributed by atoms with Crippen LogP contribution >= 0.6 is 0 Å². The molecule has 19 heavy (non-hydrogen) atoms. The zero-order chi connectivity index (χ0) is 13.3. The normalized spacial score (nSPS) is 17.7. The second-order valence-corrected chi connectivity index (χ2v) is 5.32. The number of aromatic nitrogens is 2. The molecule has 0 atom stereocenters. The van der Waals surface area contributed by atoms with E-state index in [0.29, 0.717) is 6.54 Å². The van der Waals surface area contributed by atoms with Crippen LogP contribution in [0.4, 0.5) is 5.69 Å². The van der Waals surface area contributed by atoms with E-state index in [1.165, 1.54) is 0 Å². The average Bonchev–Trinajstić information content (AvgIpc) is 3.07. The first kappa shape index (κ1) is 12.2. The minimum Gasteiger partial charge on any atom is -0.329 e. The van der Waals surface area contributed by atoms with Crippen LogP contribution in [-0.2, 0) is 4.79 Å². The summed E-state index contributed by atoms with van der Waals surface area (Å²) in [6.07, 6.45) is 5.72. The molecule has 100 valence electrons. The Hall–Kier alpha value is -1.88. The topological polar surface area (TPSA) is 83.8 Å². The number of nitrogens with one attached hydrogen (secondary N) is 2. The molecule has 1 aromatic heterocycles. The van der Waals surface area contributed by atoms with Crippen molar-refractivity contribution in [2.75, 3.05) is 11.9 Å². The molecular formula is C14H18N4O. The largest absolute Gasteiger partial charge is 0.329 e. The summed E-state index contributed by atoms with van der Waals surface area (Å²) in [6.45, 7) is 0.422. The first-order chi connectivity index (χ1) is 9.23. The van der Waals surface area contributed by atoms with Gasteiger partial charge in [0.1, 0.15) is 0 Å². The Kier molecular flexibility index (Phi) is 2.98. The van der Waals surface area contributed by atoms with Crippen LogP contribution in [0.2, 0.25) is 0 Å². The van der Waals surface area contributed by atoms with Crippen molar-refractivity contribution in [1.29, 1.82) is 0 Å². The van der Waals surface area contributed by atoms with E-state index in [9.17, 15) is 4.79 Å². The Bertz CT molecular complexity index is 598. The molecule has 4 N–H and O–H groups in total. The highest BCUT2D eigenvalue weighted by molar-refractivity contribution is 5.97. The molecule has 5 heteroatoms. The average molecular weight is 258 g/mol. The Labute approximate surface area is 111 Å². The lowest BCUT2D eigenvalue weighted by Crippen LogP contribution is -2.40. The number of nitrogens with two attached hydrogens (primary N) is 1. The molecule has 1 heterocycles. The number of hydrogen-bond donors (Lipinski definition) is 3. The lowest BCUT2D eigenvalue weighted by molar-refractivity contribution is -0.124. The molecule has 1 aromatic carbocycles. The molecule has 1 aliphatic rings. The maximum atomic E-state index is 12.4. The number of H-pyrrole nitrogens is 1. The monoisotopic (exact) mass is 258 g/mol. The van der Waals surface area contributed by atoms with E-state index in [2.05, 4.69) is 15.5 Å². The number of nitrogens with zero attached hydrogens (tertiary/aromatic N) is 1. The summed E-state index contributed by atoms with van der Waals surface area (Å²) in [4.78, 5) is 12.4. The SMILES string of the molecule is NCC1(C(=O)Nc2ccc3cn[nH]c3c2)CCCC1. The summed E-state index contributed by atoms with van der Waals surface area (Å²) >= 11 is 0. The number of fused-ring (bicyclic) bond motifs is 1. The summed E-state index contributed by atoms with van der Waals surface area (Å²) in [5, 5.41) is 10.9. The van der Waals surface area contributed by atoms with Gasteiger partial charge in [-0.15, -0.1) is 0 Å². The van der Waals surface area contributed by atoms with Gasteiger partial charge in [-0.05, 0) is 31.0 Å². The maximum Gasteiger partial charge on any atom is 0.231 e. The molecule has 5 nitrogen and oxygen atoms in total. The van der Waals surface area contributed by atoms with E-state index in [1.807, 2.05) is 18.2 Å². The van der Waals surface area contributed by atoms with Crippen LogP contribution in [0.1, 0.15) is 25.7 Å². The highest BCUT2D eigenvalue weighted by Crippen LogP contribution is 2.38. The summed E-state index contributed by atoms with van der Waals surface area (Å²) in [7, 11) is 0. The van der Waals surface area contributed by atoms with Gasteiger partial charge in [0, 0.05) is 17.6 Å². The maximum absolute atomic E-state index is 12.4. The standard InChI is InChI=1S/C14H18N4O/c15-9-14(5-1-2-6-14)13(19)17-11-4-3-10-8-16-18-12(10)7-11/h3-4,7-8H,1-2,5-6,9,15H2,(H,16,18)(H,17,19). The van der Waals surface area contributed by atoms with Crippen LogP contribution in [0.25, 0.3) is 10.9 Å². The van der Waals surface area contributed by atoms with Gasteiger partial charge in [-0.1, -0.05) is 12.8 Å². The number of carbonyl (C=O) groups is 1. The predicted octanol–water partition coefficient (Wildman–Crippen LogP) is 2.02. The lowest BCUT2D eigenvalue weighted by Gasteiger charge is -2.25. The van der Waals surface area contributed by atoms with Gasteiger partial charge in [-0.2, -0.15) is 5.10 Å². The van der Waals surface area contributed by atoms with E-state index in [1.54, 1.807) is 6.20 Å². The molecule has 2 aromatic rings. The third-order valence-electron chi connectivity index (χ3n) is 4.13.